The first-order valence-corrected chi connectivity index (χ1v) is 11.6. The molecule has 2 heterocycles. The second kappa shape index (κ2) is 7.87. The maximum atomic E-state index is 12.6. The van der Waals surface area contributed by atoms with E-state index in [-0.39, 0.29) is 35.1 Å². The first-order valence-electron chi connectivity index (χ1n) is 10.1. The molecule has 0 unspecified atom stereocenters. The number of imide groups is 1. The molecule has 1 aliphatic carbocycles. The Morgan fingerprint density at radius 2 is 1.48 bits per heavy atom. The Morgan fingerprint density at radius 1 is 0.931 bits per heavy atom. The number of fused-ring (bicyclic) bond motifs is 1. The SMILES string of the molecule is O=C(CN1C(=O)[C@H]2CCCC[C@H]2C1=O)Nc1ccc(S(=O)(=O)N2CCCC2)cc1. The Bertz CT molecular complexity index is 898. The fourth-order valence-corrected chi connectivity index (χ4v) is 6.04. The predicted molar refractivity (Wildman–Crippen MR) is 105 cm³/mol. The molecule has 0 bridgehead atoms. The highest BCUT2D eigenvalue weighted by atomic mass is 32.2. The van der Waals surface area contributed by atoms with Gasteiger partial charge in [0.05, 0.1) is 16.7 Å². The van der Waals surface area contributed by atoms with Gasteiger partial charge in [0, 0.05) is 18.8 Å². The van der Waals surface area contributed by atoms with Crippen LogP contribution in [-0.4, -0.2) is 55.0 Å². The maximum Gasteiger partial charge on any atom is 0.244 e. The number of hydrogen-bond acceptors (Lipinski definition) is 5. The summed E-state index contributed by atoms with van der Waals surface area (Å²) in [5, 5.41) is 2.65. The monoisotopic (exact) mass is 419 g/mol. The summed E-state index contributed by atoms with van der Waals surface area (Å²) in [6, 6.07) is 5.97. The Balaban J connectivity index is 1.39. The van der Waals surface area contributed by atoms with Gasteiger partial charge in [-0.05, 0) is 49.9 Å². The molecule has 4 rings (SSSR count). The van der Waals surface area contributed by atoms with Crippen LogP contribution >= 0.6 is 0 Å². The summed E-state index contributed by atoms with van der Waals surface area (Å²) in [5.41, 5.74) is 0.423. The van der Waals surface area contributed by atoms with E-state index in [1.54, 1.807) is 0 Å². The lowest BCUT2D eigenvalue weighted by atomic mass is 9.81. The lowest BCUT2D eigenvalue weighted by molar-refractivity contribution is -0.142. The molecule has 8 nitrogen and oxygen atoms in total. The summed E-state index contributed by atoms with van der Waals surface area (Å²) in [4.78, 5) is 38.6. The van der Waals surface area contributed by atoms with Gasteiger partial charge in [-0.3, -0.25) is 19.3 Å². The second-order valence-corrected chi connectivity index (χ2v) is 9.88. The number of amides is 3. The van der Waals surface area contributed by atoms with Crippen molar-refractivity contribution in [3.05, 3.63) is 24.3 Å². The molecule has 29 heavy (non-hydrogen) atoms. The van der Waals surface area contributed by atoms with E-state index >= 15 is 0 Å². The van der Waals surface area contributed by atoms with Crippen LogP contribution < -0.4 is 5.32 Å². The highest BCUT2D eigenvalue weighted by Gasteiger charge is 2.48. The molecule has 2 aliphatic heterocycles. The van der Waals surface area contributed by atoms with Crippen molar-refractivity contribution in [2.45, 2.75) is 43.4 Å². The largest absolute Gasteiger partial charge is 0.325 e. The first kappa shape index (κ1) is 20.0. The van der Waals surface area contributed by atoms with Crippen LogP contribution in [0.4, 0.5) is 5.69 Å². The van der Waals surface area contributed by atoms with E-state index in [2.05, 4.69) is 5.32 Å². The third kappa shape index (κ3) is 3.81. The standard InChI is InChI=1S/C20H25N3O5S/c24-18(13-23-19(25)16-5-1-2-6-17(16)20(23)26)21-14-7-9-15(10-8-14)29(27,28)22-11-3-4-12-22/h7-10,16-17H,1-6,11-13H2,(H,21,24)/t16-,17+. The Kier molecular flexibility index (Phi) is 5.44. The van der Waals surface area contributed by atoms with Gasteiger partial charge in [0.25, 0.3) is 0 Å². The Labute approximate surface area is 170 Å². The van der Waals surface area contributed by atoms with Crippen molar-refractivity contribution in [3.8, 4) is 0 Å². The molecule has 2 atom stereocenters. The van der Waals surface area contributed by atoms with Crippen LogP contribution in [0.2, 0.25) is 0 Å². The van der Waals surface area contributed by atoms with Crippen LogP contribution in [0, 0.1) is 11.8 Å². The summed E-state index contributed by atoms with van der Waals surface area (Å²) in [5.74, 6) is -1.53. The first-order chi connectivity index (χ1) is 13.9. The van der Waals surface area contributed by atoms with Crippen LogP contribution in [0.25, 0.3) is 0 Å². The van der Waals surface area contributed by atoms with E-state index in [9.17, 15) is 22.8 Å². The molecule has 0 radical (unpaired) electrons. The van der Waals surface area contributed by atoms with Gasteiger partial charge in [-0.15, -0.1) is 0 Å². The molecule has 1 aromatic rings. The number of carbonyl (C=O) groups excluding carboxylic acids is 3. The minimum Gasteiger partial charge on any atom is -0.325 e. The van der Waals surface area contributed by atoms with Crippen molar-refractivity contribution < 1.29 is 22.8 Å². The van der Waals surface area contributed by atoms with Gasteiger partial charge in [0.15, 0.2) is 0 Å². The lowest BCUT2D eigenvalue weighted by Crippen LogP contribution is -2.38. The average Bonchev–Trinajstić information content (AvgIpc) is 3.34. The summed E-state index contributed by atoms with van der Waals surface area (Å²) in [6.07, 6.45) is 5.02. The van der Waals surface area contributed by atoms with Crippen molar-refractivity contribution in [2.24, 2.45) is 11.8 Å². The molecular formula is C20H25N3O5S. The number of anilines is 1. The fourth-order valence-electron chi connectivity index (χ4n) is 4.52. The molecular weight excluding hydrogens is 394 g/mol. The van der Waals surface area contributed by atoms with E-state index in [4.69, 9.17) is 0 Å². The number of hydrogen-bond donors (Lipinski definition) is 1. The quantitative estimate of drug-likeness (QED) is 0.730. The van der Waals surface area contributed by atoms with Crippen LogP contribution in [0.15, 0.2) is 29.2 Å². The smallest absolute Gasteiger partial charge is 0.244 e. The zero-order valence-electron chi connectivity index (χ0n) is 16.2. The third-order valence-corrected chi connectivity index (χ3v) is 7.99. The van der Waals surface area contributed by atoms with Gasteiger partial charge in [0.2, 0.25) is 27.7 Å². The van der Waals surface area contributed by atoms with E-state index < -0.39 is 15.9 Å². The molecule has 3 amide bonds. The van der Waals surface area contributed by atoms with Crippen molar-refractivity contribution >= 4 is 33.4 Å². The van der Waals surface area contributed by atoms with Gasteiger partial charge in [-0.1, -0.05) is 12.8 Å². The number of nitrogens with one attached hydrogen (secondary N) is 1. The zero-order chi connectivity index (χ0) is 20.6. The minimum absolute atomic E-state index is 0.186. The number of nitrogens with zero attached hydrogens (tertiary/aromatic N) is 2. The van der Waals surface area contributed by atoms with Crippen molar-refractivity contribution in [3.63, 3.8) is 0 Å². The number of sulfonamides is 1. The normalized spacial score (nSPS) is 25.3. The van der Waals surface area contributed by atoms with Gasteiger partial charge < -0.3 is 5.32 Å². The van der Waals surface area contributed by atoms with Crippen molar-refractivity contribution in [1.82, 2.24) is 9.21 Å². The van der Waals surface area contributed by atoms with E-state index in [1.807, 2.05) is 0 Å². The number of rotatable bonds is 5. The molecule has 1 saturated carbocycles. The summed E-state index contributed by atoms with van der Waals surface area (Å²) in [6.45, 7) is 0.750. The highest BCUT2D eigenvalue weighted by Crippen LogP contribution is 2.37. The Hall–Kier alpha value is -2.26. The number of carbonyl (C=O) groups is 3. The topological polar surface area (TPSA) is 104 Å². The fraction of sp³-hybridized carbons (Fsp3) is 0.550. The van der Waals surface area contributed by atoms with Crippen LogP contribution in [0.3, 0.4) is 0 Å². The maximum absolute atomic E-state index is 12.6. The molecule has 2 saturated heterocycles. The van der Waals surface area contributed by atoms with Crippen molar-refractivity contribution in [2.75, 3.05) is 25.0 Å². The minimum atomic E-state index is -3.51. The van der Waals surface area contributed by atoms with Gasteiger partial charge in [-0.2, -0.15) is 4.31 Å². The molecule has 1 aromatic carbocycles. The third-order valence-electron chi connectivity index (χ3n) is 6.08. The van der Waals surface area contributed by atoms with Crippen LogP contribution in [0.5, 0.6) is 0 Å². The van der Waals surface area contributed by atoms with Crippen LogP contribution in [-0.2, 0) is 24.4 Å². The zero-order valence-corrected chi connectivity index (χ0v) is 17.0. The number of likely N-dealkylation sites (tertiary alicyclic amines) is 1. The van der Waals surface area contributed by atoms with Crippen molar-refractivity contribution in [1.29, 1.82) is 0 Å². The second-order valence-electron chi connectivity index (χ2n) is 7.94. The molecule has 1 N–H and O–H groups in total. The molecule has 3 fully saturated rings. The van der Waals surface area contributed by atoms with Gasteiger partial charge >= 0.3 is 0 Å². The molecule has 9 heteroatoms. The van der Waals surface area contributed by atoms with E-state index in [0.29, 0.717) is 31.6 Å². The van der Waals surface area contributed by atoms with Crippen LogP contribution in [0.1, 0.15) is 38.5 Å². The summed E-state index contributed by atoms with van der Waals surface area (Å²) in [7, 11) is -3.51. The lowest BCUT2D eigenvalue weighted by Gasteiger charge is -2.19. The summed E-state index contributed by atoms with van der Waals surface area (Å²) < 4.78 is 26.6. The molecule has 0 spiro atoms. The average molecular weight is 420 g/mol. The molecule has 0 aromatic heterocycles. The van der Waals surface area contributed by atoms with Gasteiger partial charge in [0.1, 0.15) is 6.54 Å². The summed E-state index contributed by atoms with van der Waals surface area (Å²) >= 11 is 0. The number of benzene rings is 1. The van der Waals surface area contributed by atoms with E-state index in [0.717, 1.165) is 30.6 Å². The molecule has 3 aliphatic rings. The molecule has 156 valence electrons. The highest BCUT2D eigenvalue weighted by molar-refractivity contribution is 7.89. The van der Waals surface area contributed by atoms with Gasteiger partial charge in [-0.25, -0.2) is 8.42 Å². The predicted octanol–water partition coefficient (Wildman–Crippen LogP) is 1.58. The Morgan fingerprint density at radius 3 is 2.03 bits per heavy atom. The van der Waals surface area contributed by atoms with E-state index in [1.165, 1.54) is 28.6 Å².